The largest absolute Gasteiger partial charge is 0.490 e. The standard InChI is InChI=1S/C20H23N3O2/c1-12(2)6-15(22)11-24-19-8-20-17(7-14(19)9-21)16-4-5-23-10-18(16)13(3)25-20/h4-5,7-8,10,12-13,15H,6,11,22H2,1-3H3/t13?,15-/m0/s1. The first-order valence-electron chi connectivity index (χ1n) is 8.57. The van der Waals surface area contributed by atoms with E-state index in [4.69, 9.17) is 15.2 Å². The summed E-state index contributed by atoms with van der Waals surface area (Å²) in [5.41, 5.74) is 9.53. The molecule has 1 aliphatic heterocycles. The molecule has 2 N–H and O–H groups in total. The summed E-state index contributed by atoms with van der Waals surface area (Å²) in [7, 11) is 0. The van der Waals surface area contributed by atoms with Crippen LogP contribution in [0.15, 0.2) is 30.6 Å². The van der Waals surface area contributed by atoms with Crippen LogP contribution in [0.3, 0.4) is 0 Å². The first-order chi connectivity index (χ1) is 12.0. The third-order valence-electron chi connectivity index (χ3n) is 4.31. The van der Waals surface area contributed by atoms with E-state index in [-0.39, 0.29) is 12.1 Å². The molecule has 0 saturated carbocycles. The van der Waals surface area contributed by atoms with Crippen molar-refractivity contribution in [1.82, 2.24) is 4.98 Å². The third-order valence-corrected chi connectivity index (χ3v) is 4.31. The number of nitrogens with two attached hydrogens (primary N) is 1. The molecule has 0 saturated heterocycles. The van der Waals surface area contributed by atoms with Gasteiger partial charge >= 0.3 is 0 Å². The molecule has 0 aliphatic carbocycles. The van der Waals surface area contributed by atoms with Gasteiger partial charge in [0.05, 0.1) is 5.56 Å². The Balaban J connectivity index is 1.91. The van der Waals surface area contributed by atoms with Crippen LogP contribution in [-0.4, -0.2) is 17.6 Å². The van der Waals surface area contributed by atoms with E-state index < -0.39 is 0 Å². The van der Waals surface area contributed by atoms with Crippen molar-refractivity contribution in [1.29, 1.82) is 5.26 Å². The van der Waals surface area contributed by atoms with Gasteiger partial charge in [-0.05, 0) is 37.0 Å². The zero-order valence-electron chi connectivity index (χ0n) is 14.8. The smallest absolute Gasteiger partial charge is 0.140 e. The molecule has 1 unspecified atom stereocenters. The monoisotopic (exact) mass is 337 g/mol. The van der Waals surface area contributed by atoms with Crippen molar-refractivity contribution in [2.24, 2.45) is 11.7 Å². The zero-order chi connectivity index (χ0) is 18.0. The molecule has 2 heterocycles. The minimum Gasteiger partial charge on any atom is -0.490 e. The summed E-state index contributed by atoms with van der Waals surface area (Å²) in [6, 6.07) is 7.73. The Hall–Kier alpha value is -2.58. The molecule has 2 atom stereocenters. The normalized spacial score (nSPS) is 16.4. The molecule has 0 radical (unpaired) electrons. The first-order valence-corrected chi connectivity index (χ1v) is 8.57. The molecule has 130 valence electrons. The van der Waals surface area contributed by atoms with Gasteiger partial charge in [-0.15, -0.1) is 0 Å². The summed E-state index contributed by atoms with van der Waals surface area (Å²) < 4.78 is 11.8. The summed E-state index contributed by atoms with van der Waals surface area (Å²) in [5, 5.41) is 9.52. The second kappa shape index (κ2) is 7.12. The molecule has 25 heavy (non-hydrogen) atoms. The summed E-state index contributed by atoms with van der Waals surface area (Å²) in [6.07, 6.45) is 4.34. The van der Waals surface area contributed by atoms with Crippen LogP contribution in [0.25, 0.3) is 11.1 Å². The van der Waals surface area contributed by atoms with Crippen LogP contribution >= 0.6 is 0 Å². The minimum atomic E-state index is -0.0971. The van der Waals surface area contributed by atoms with Crippen molar-refractivity contribution in [3.05, 3.63) is 41.7 Å². The van der Waals surface area contributed by atoms with Gasteiger partial charge in [-0.3, -0.25) is 4.98 Å². The predicted octanol–water partition coefficient (Wildman–Crippen LogP) is 3.83. The van der Waals surface area contributed by atoms with Crippen LogP contribution in [0.4, 0.5) is 0 Å². The Morgan fingerprint density at radius 2 is 2.16 bits per heavy atom. The zero-order valence-corrected chi connectivity index (χ0v) is 14.8. The van der Waals surface area contributed by atoms with E-state index in [0.717, 1.165) is 28.9 Å². The molecule has 3 rings (SSSR count). The van der Waals surface area contributed by atoms with E-state index in [2.05, 4.69) is 24.9 Å². The third kappa shape index (κ3) is 3.59. The van der Waals surface area contributed by atoms with Crippen molar-refractivity contribution in [3.8, 4) is 28.7 Å². The van der Waals surface area contributed by atoms with Gasteiger partial charge in [-0.25, -0.2) is 0 Å². The number of hydrogen-bond acceptors (Lipinski definition) is 5. The second-order valence-electron chi connectivity index (χ2n) is 6.88. The highest BCUT2D eigenvalue weighted by atomic mass is 16.5. The minimum absolute atomic E-state index is 0.0609. The maximum atomic E-state index is 9.52. The Kier molecular flexibility index (Phi) is 4.91. The van der Waals surface area contributed by atoms with Crippen LogP contribution in [0.2, 0.25) is 0 Å². The molecule has 1 aromatic heterocycles. The van der Waals surface area contributed by atoms with Gasteiger partial charge in [0.1, 0.15) is 30.3 Å². The highest BCUT2D eigenvalue weighted by Gasteiger charge is 2.25. The van der Waals surface area contributed by atoms with E-state index in [1.165, 1.54) is 0 Å². The number of nitriles is 1. The highest BCUT2D eigenvalue weighted by molar-refractivity contribution is 5.78. The molecular weight excluding hydrogens is 314 g/mol. The average molecular weight is 337 g/mol. The first kappa shape index (κ1) is 17.2. The van der Waals surface area contributed by atoms with E-state index in [1.807, 2.05) is 25.3 Å². The molecule has 0 bridgehead atoms. The number of pyridine rings is 1. The van der Waals surface area contributed by atoms with Gasteiger partial charge in [0.15, 0.2) is 0 Å². The number of ether oxygens (including phenoxy) is 2. The molecule has 1 aliphatic rings. The molecule has 1 aromatic carbocycles. The fourth-order valence-corrected chi connectivity index (χ4v) is 3.18. The van der Waals surface area contributed by atoms with E-state index in [9.17, 15) is 5.26 Å². The predicted molar refractivity (Wildman–Crippen MR) is 96.4 cm³/mol. The maximum Gasteiger partial charge on any atom is 0.140 e. The average Bonchev–Trinajstić information content (AvgIpc) is 2.59. The Morgan fingerprint density at radius 1 is 1.36 bits per heavy atom. The molecule has 5 heteroatoms. The summed E-state index contributed by atoms with van der Waals surface area (Å²) in [6.45, 7) is 6.62. The summed E-state index contributed by atoms with van der Waals surface area (Å²) >= 11 is 0. The Morgan fingerprint density at radius 3 is 2.88 bits per heavy atom. The number of aromatic nitrogens is 1. The lowest BCUT2D eigenvalue weighted by Crippen LogP contribution is -2.29. The van der Waals surface area contributed by atoms with Gasteiger partial charge in [0.2, 0.25) is 0 Å². The quantitative estimate of drug-likeness (QED) is 0.897. The van der Waals surface area contributed by atoms with Crippen molar-refractivity contribution in [2.45, 2.75) is 39.3 Å². The van der Waals surface area contributed by atoms with E-state index in [1.54, 1.807) is 12.3 Å². The number of nitrogens with zero attached hydrogens (tertiary/aromatic N) is 2. The molecular formula is C20H23N3O2. The molecule has 0 spiro atoms. The number of fused-ring (bicyclic) bond motifs is 3. The Labute approximate surface area is 148 Å². The van der Waals surface area contributed by atoms with Crippen LogP contribution in [0.5, 0.6) is 11.5 Å². The summed E-state index contributed by atoms with van der Waals surface area (Å²) in [4.78, 5) is 4.17. The lowest BCUT2D eigenvalue weighted by Gasteiger charge is -2.27. The maximum absolute atomic E-state index is 9.52. The fraction of sp³-hybridized carbons (Fsp3) is 0.400. The molecule has 0 fully saturated rings. The molecule has 2 aromatic rings. The number of rotatable bonds is 5. The van der Waals surface area contributed by atoms with Gasteiger partial charge < -0.3 is 15.2 Å². The fourth-order valence-electron chi connectivity index (χ4n) is 3.18. The van der Waals surface area contributed by atoms with Gasteiger partial charge in [-0.1, -0.05) is 13.8 Å². The van der Waals surface area contributed by atoms with Crippen molar-refractivity contribution in [3.63, 3.8) is 0 Å². The Bertz CT molecular complexity index is 811. The van der Waals surface area contributed by atoms with Crippen molar-refractivity contribution in [2.75, 3.05) is 6.61 Å². The SMILES string of the molecule is CC(C)C[C@H](N)COc1cc2c(cc1C#N)-c1ccncc1C(C)O2. The van der Waals surface area contributed by atoms with Gasteiger partial charge in [0, 0.05) is 35.6 Å². The van der Waals surface area contributed by atoms with Crippen LogP contribution < -0.4 is 15.2 Å². The van der Waals surface area contributed by atoms with Crippen molar-refractivity contribution >= 4 is 0 Å². The summed E-state index contributed by atoms with van der Waals surface area (Å²) in [5.74, 6) is 1.75. The van der Waals surface area contributed by atoms with Gasteiger partial charge in [-0.2, -0.15) is 5.26 Å². The van der Waals surface area contributed by atoms with E-state index in [0.29, 0.717) is 23.8 Å². The van der Waals surface area contributed by atoms with Crippen molar-refractivity contribution < 1.29 is 9.47 Å². The molecule has 5 nitrogen and oxygen atoms in total. The molecule has 0 amide bonds. The number of benzene rings is 1. The topological polar surface area (TPSA) is 81.2 Å². The lowest BCUT2D eigenvalue weighted by molar-refractivity contribution is 0.219. The van der Waals surface area contributed by atoms with E-state index >= 15 is 0 Å². The van der Waals surface area contributed by atoms with Crippen LogP contribution in [0, 0.1) is 17.2 Å². The van der Waals surface area contributed by atoms with Crippen LogP contribution in [0.1, 0.15) is 44.4 Å². The number of hydrogen-bond donors (Lipinski definition) is 1. The van der Waals surface area contributed by atoms with Gasteiger partial charge in [0.25, 0.3) is 0 Å². The van der Waals surface area contributed by atoms with Crippen LogP contribution in [-0.2, 0) is 0 Å². The second-order valence-corrected chi connectivity index (χ2v) is 6.88. The highest BCUT2D eigenvalue weighted by Crippen LogP contribution is 2.44. The lowest BCUT2D eigenvalue weighted by atomic mass is 9.93.